The number of likely N-dealkylation sites (tertiary alicyclic amines) is 1. The summed E-state index contributed by atoms with van der Waals surface area (Å²) in [6.07, 6.45) is 0. The van der Waals surface area contributed by atoms with Crippen molar-refractivity contribution < 1.29 is 33.4 Å². The Labute approximate surface area is 260 Å². The van der Waals surface area contributed by atoms with Gasteiger partial charge in [0.2, 0.25) is 11.8 Å². The first-order chi connectivity index (χ1) is 21.3. The third-order valence-corrected chi connectivity index (χ3v) is 9.19. The number of ketones is 1. The number of halogens is 1. The summed E-state index contributed by atoms with van der Waals surface area (Å²) in [4.78, 5) is 66.2. The third-order valence-electron chi connectivity index (χ3n) is 8.66. The second-order valence-electron chi connectivity index (χ2n) is 11.0. The van der Waals surface area contributed by atoms with Crippen molar-refractivity contribution in [3.05, 3.63) is 135 Å². The first kappa shape index (κ1) is 27.9. The minimum Gasteiger partial charge on any atom is -0.456 e. The van der Waals surface area contributed by atoms with Gasteiger partial charge in [-0.25, -0.2) is 4.79 Å². The van der Waals surface area contributed by atoms with Gasteiger partial charge in [-0.2, -0.15) is 0 Å². The van der Waals surface area contributed by atoms with Crippen LogP contribution >= 0.6 is 15.9 Å². The molecule has 2 atom stereocenters. The van der Waals surface area contributed by atoms with E-state index in [9.17, 15) is 24.0 Å². The third kappa shape index (κ3) is 4.64. The van der Waals surface area contributed by atoms with Crippen molar-refractivity contribution in [1.82, 2.24) is 4.90 Å². The molecule has 0 saturated carbocycles. The fourth-order valence-corrected chi connectivity index (χ4v) is 7.02. The van der Waals surface area contributed by atoms with Gasteiger partial charge in [0, 0.05) is 21.9 Å². The van der Waals surface area contributed by atoms with Crippen LogP contribution in [0.3, 0.4) is 0 Å². The van der Waals surface area contributed by atoms with Gasteiger partial charge < -0.3 is 9.47 Å². The fraction of sp³-hybridized carbons (Fsp3) is 0.171. The summed E-state index contributed by atoms with van der Waals surface area (Å²) in [5, 5.41) is 0. The van der Waals surface area contributed by atoms with Crippen LogP contribution in [-0.4, -0.2) is 47.6 Å². The molecule has 1 aliphatic heterocycles. The lowest BCUT2D eigenvalue weighted by atomic mass is 9.55. The molecule has 2 amide bonds. The Morgan fingerprint density at radius 3 is 1.64 bits per heavy atom. The number of hydrogen-bond acceptors (Lipinski definition) is 7. The molecule has 2 unspecified atom stereocenters. The monoisotopic (exact) mass is 649 g/mol. The summed E-state index contributed by atoms with van der Waals surface area (Å²) in [6, 6.07) is 28.4. The molecule has 1 heterocycles. The highest BCUT2D eigenvalue weighted by Gasteiger charge is 2.61. The van der Waals surface area contributed by atoms with Crippen molar-refractivity contribution >= 4 is 45.5 Å². The van der Waals surface area contributed by atoms with Crippen LogP contribution in [0.1, 0.15) is 54.8 Å². The predicted molar refractivity (Wildman–Crippen MR) is 161 cm³/mol. The van der Waals surface area contributed by atoms with Crippen LogP contribution in [0.15, 0.2) is 102 Å². The summed E-state index contributed by atoms with van der Waals surface area (Å²) in [6.45, 7) is -1.13. The maximum Gasteiger partial charge on any atom is 0.343 e. The lowest BCUT2D eigenvalue weighted by molar-refractivity contribution is -0.152. The van der Waals surface area contributed by atoms with E-state index >= 15 is 0 Å². The number of nitrogens with zero attached hydrogens (tertiary/aromatic N) is 1. The highest BCUT2D eigenvalue weighted by atomic mass is 79.9. The molecule has 4 aromatic carbocycles. The molecule has 218 valence electrons. The van der Waals surface area contributed by atoms with E-state index in [1.54, 1.807) is 24.3 Å². The van der Waals surface area contributed by atoms with E-state index in [0.29, 0.717) is 5.56 Å². The van der Waals surface area contributed by atoms with Crippen molar-refractivity contribution in [1.29, 1.82) is 0 Å². The Bertz CT molecular complexity index is 1730. The molecule has 2 bridgehead atoms. The van der Waals surface area contributed by atoms with Gasteiger partial charge in [-0.05, 0) is 70.8 Å². The molecule has 9 heteroatoms. The van der Waals surface area contributed by atoms with Crippen LogP contribution in [-0.2, 0) is 19.1 Å². The largest absolute Gasteiger partial charge is 0.456 e. The van der Waals surface area contributed by atoms with E-state index < -0.39 is 54.5 Å². The van der Waals surface area contributed by atoms with E-state index in [1.807, 2.05) is 48.5 Å². The van der Waals surface area contributed by atoms with Gasteiger partial charge in [0.25, 0.3) is 0 Å². The summed E-state index contributed by atoms with van der Waals surface area (Å²) in [5.74, 6) is -4.14. The number of esters is 2. The van der Waals surface area contributed by atoms with Crippen LogP contribution < -0.4 is 4.74 Å². The maximum absolute atomic E-state index is 13.7. The van der Waals surface area contributed by atoms with Crippen LogP contribution in [0.2, 0.25) is 0 Å². The van der Waals surface area contributed by atoms with Crippen molar-refractivity contribution in [2.75, 3.05) is 13.2 Å². The van der Waals surface area contributed by atoms with Gasteiger partial charge in [0.15, 0.2) is 12.4 Å². The lowest BCUT2D eigenvalue weighted by Gasteiger charge is -2.45. The molecule has 3 aliphatic carbocycles. The van der Waals surface area contributed by atoms with Crippen molar-refractivity contribution in [2.24, 2.45) is 11.8 Å². The quantitative estimate of drug-likeness (QED) is 0.116. The van der Waals surface area contributed by atoms with Crippen molar-refractivity contribution in [3.8, 4) is 5.75 Å². The molecule has 0 aromatic heterocycles. The lowest BCUT2D eigenvalue weighted by Crippen LogP contribution is -2.41. The SMILES string of the molecule is O=C(CN1C(=O)C2C3c4ccccc4C(c4ccccc43)C2C1=O)OCC(=O)c1ccc(OC(=O)c2ccc(Br)cc2)cc1. The summed E-state index contributed by atoms with van der Waals surface area (Å²) in [5.41, 5.74) is 4.79. The van der Waals surface area contributed by atoms with E-state index in [0.717, 1.165) is 31.6 Å². The number of ether oxygens (including phenoxy) is 2. The standard InChI is InChI=1S/C35H24BrNO7/c36-21-13-9-20(10-14-21)35(42)44-22-15-11-19(12-16-22)27(38)18-43-28(39)17-37-33(40)31-29-23-5-1-2-6-24(23)30(32(31)34(37)41)26-8-4-3-7-25(26)29/h1-16,29-32H,17-18H2. The minimum atomic E-state index is -0.846. The predicted octanol–water partition coefficient (Wildman–Crippen LogP) is 5.29. The minimum absolute atomic E-state index is 0.243. The molecule has 1 saturated heterocycles. The van der Waals surface area contributed by atoms with Gasteiger partial charge in [-0.1, -0.05) is 64.5 Å². The molecular formula is C35H24BrNO7. The number of imide groups is 1. The van der Waals surface area contributed by atoms with Crippen LogP contribution in [0.25, 0.3) is 0 Å². The molecule has 4 aliphatic rings. The number of carbonyl (C=O) groups excluding carboxylic acids is 5. The molecule has 0 spiro atoms. The number of amides is 2. The van der Waals surface area contributed by atoms with Crippen LogP contribution in [0, 0.1) is 11.8 Å². The second kappa shape index (κ2) is 11.0. The number of Topliss-reactive ketones (excluding diaryl/α,β-unsaturated/α-hetero) is 1. The Hall–Kier alpha value is -4.89. The summed E-state index contributed by atoms with van der Waals surface area (Å²) < 4.78 is 11.4. The van der Waals surface area contributed by atoms with E-state index in [4.69, 9.17) is 9.47 Å². The Balaban J connectivity index is 0.993. The average molecular weight is 650 g/mol. The highest BCUT2D eigenvalue weighted by Crippen LogP contribution is 2.60. The molecule has 1 fully saturated rings. The second-order valence-corrected chi connectivity index (χ2v) is 11.9. The molecule has 4 aromatic rings. The number of benzene rings is 4. The molecule has 8 nitrogen and oxygen atoms in total. The zero-order chi connectivity index (χ0) is 30.5. The van der Waals surface area contributed by atoms with Gasteiger partial charge in [-0.15, -0.1) is 0 Å². The Morgan fingerprint density at radius 1 is 0.659 bits per heavy atom. The smallest absolute Gasteiger partial charge is 0.343 e. The van der Waals surface area contributed by atoms with Crippen molar-refractivity contribution in [2.45, 2.75) is 11.8 Å². The molecule has 44 heavy (non-hydrogen) atoms. The van der Waals surface area contributed by atoms with E-state index in [2.05, 4.69) is 15.9 Å². The molecule has 0 radical (unpaired) electrons. The zero-order valence-corrected chi connectivity index (χ0v) is 24.7. The van der Waals surface area contributed by atoms with Gasteiger partial charge in [0.1, 0.15) is 12.3 Å². The Morgan fingerprint density at radius 2 is 1.14 bits per heavy atom. The maximum atomic E-state index is 13.7. The fourth-order valence-electron chi connectivity index (χ4n) is 6.76. The molecular weight excluding hydrogens is 626 g/mol. The van der Waals surface area contributed by atoms with Crippen LogP contribution in [0.4, 0.5) is 0 Å². The topological polar surface area (TPSA) is 107 Å². The zero-order valence-electron chi connectivity index (χ0n) is 23.1. The number of carbonyl (C=O) groups is 5. The highest BCUT2D eigenvalue weighted by molar-refractivity contribution is 9.10. The molecule has 0 N–H and O–H groups in total. The van der Waals surface area contributed by atoms with E-state index in [1.165, 1.54) is 24.3 Å². The van der Waals surface area contributed by atoms with Gasteiger partial charge >= 0.3 is 11.9 Å². The summed E-state index contributed by atoms with van der Waals surface area (Å²) >= 11 is 3.31. The van der Waals surface area contributed by atoms with Crippen LogP contribution in [0.5, 0.6) is 5.75 Å². The van der Waals surface area contributed by atoms with Crippen molar-refractivity contribution in [3.63, 3.8) is 0 Å². The first-order valence-electron chi connectivity index (χ1n) is 14.1. The van der Waals surface area contributed by atoms with Gasteiger partial charge in [0.05, 0.1) is 17.4 Å². The Kier molecular flexibility index (Phi) is 6.97. The first-order valence-corrected chi connectivity index (χ1v) is 14.9. The van der Waals surface area contributed by atoms with Gasteiger partial charge in [-0.3, -0.25) is 24.1 Å². The summed E-state index contributed by atoms with van der Waals surface area (Å²) in [7, 11) is 0. The van der Waals surface area contributed by atoms with E-state index in [-0.39, 0.29) is 23.1 Å². The average Bonchev–Trinajstić information content (AvgIpc) is 3.29. The number of rotatable bonds is 7. The normalized spacial score (nSPS) is 20.9. The number of hydrogen-bond donors (Lipinski definition) is 0. The molecule has 8 rings (SSSR count).